The van der Waals surface area contributed by atoms with E-state index in [1.54, 1.807) is 13.0 Å². The van der Waals surface area contributed by atoms with E-state index >= 15 is 0 Å². The molecule has 39 heavy (non-hydrogen) atoms. The summed E-state index contributed by atoms with van der Waals surface area (Å²) >= 11 is 0. The topological polar surface area (TPSA) is 104 Å². The van der Waals surface area contributed by atoms with Crippen LogP contribution in [-0.2, 0) is 11.2 Å². The number of aromatic nitrogens is 2. The van der Waals surface area contributed by atoms with Crippen LogP contribution >= 0.6 is 0 Å². The molecular formula is C33H38N4O2. The van der Waals surface area contributed by atoms with Crippen LogP contribution in [-0.4, -0.2) is 28.3 Å². The van der Waals surface area contributed by atoms with E-state index in [1.165, 1.54) is 11.1 Å². The third-order valence-corrected chi connectivity index (χ3v) is 7.80. The molecule has 4 N–H and O–H groups in total. The fourth-order valence-electron chi connectivity index (χ4n) is 5.38. The highest BCUT2D eigenvalue weighted by molar-refractivity contribution is 6.23. The van der Waals surface area contributed by atoms with Crippen LogP contribution in [0.1, 0.15) is 85.4 Å². The Morgan fingerprint density at radius 1 is 0.846 bits per heavy atom. The van der Waals surface area contributed by atoms with Crippen LogP contribution < -0.4 is 16.4 Å². The van der Waals surface area contributed by atoms with Gasteiger partial charge >= 0.3 is 0 Å². The summed E-state index contributed by atoms with van der Waals surface area (Å²) in [5.74, 6) is 0. The number of aliphatic imine (C=N–C) groups is 1. The van der Waals surface area contributed by atoms with Crippen LogP contribution in [0.25, 0.3) is 24.3 Å². The van der Waals surface area contributed by atoms with Crippen molar-refractivity contribution in [2.45, 2.75) is 67.2 Å². The number of nitrogens with one attached hydrogen (secondary N) is 2. The van der Waals surface area contributed by atoms with E-state index in [4.69, 9.17) is 10.7 Å². The zero-order chi connectivity index (χ0) is 28.4. The van der Waals surface area contributed by atoms with Gasteiger partial charge in [0, 0.05) is 33.2 Å². The Hall–Kier alpha value is -4.19. The maximum absolute atomic E-state index is 12.2. The van der Waals surface area contributed by atoms with Gasteiger partial charge in [0.2, 0.25) is 0 Å². The molecular weight excluding hydrogens is 484 g/mol. The highest BCUT2D eigenvalue weighted by atomic mass is 16.1. The Kier molecular flexibility index (Phi) is 8.05. The summed E-state index contributed by atoms with van der Waals surface area (Å²) < 4.78 is 0. The number of hydrogen-bond acceptors (Lipinski definition) is 4. The first-order chi connectivity index (χ1) is 18.6. The maximum atomic E-state index is 12.2. The van der Waals surface area contributed by atoms with Crippen molar-refractivity contribution in [3.63, 3.8) is 0 Å². The number of aldehydes is 2. The van der Waals surface area contributed by atoms with Gasteiger partial charge in [-0.15, -0.1) is 0 Å². The van der Waals surface area contributed by atoms with E-state index in [2.05, 4.69) is 50.3 Å². The molecule has 0 spiro atoms. The molecule has 2 aromatic rings. The molecule has 6 nitrogen and oxygen atoms in total. The highest BCUT2D eigenvalue weighted by Gasteiger charge is 2.21. The molecule has 0 saturated carbocycles. The summed E-state index contributed by atoms with van der Waals surface area (Å²) in [7, 11) is 0. The molecule has 0 saturated heterocycles. The molecule has 6 bridgehead atoms. The van der Waals surface area contributed by atoms with Crippen molar-refractivity contribution in [2.75, 3.05) is 0 Å². The van der Waals surface area contributed by atoms with Gasteiger partial charge < -0.3 is 15.7 Å². The predicted molar refractivity (Wildman–Crippen MR) is 162 cm³/mol. The van der Waals surface area contributed by atoms with Gasteiger partial charge in [0.15, 0.2) is 12.6 Å². The fraction of sp³-hybridized carbons (Fsp3) is 0.303. The van der Waals surface area contributed by atoms with Crippen molar-refractivity contribution in [1.82, 2.24) is 9.97 Å². The third kappa shape index (κ3) is 5.11. The first-order valence-electron chi connectivity index (χ1n) is 13.6. The van der Waals surface area contributed by atoms with E-state index in [9.17, 15) is 9.59 Å². The predicted octanol–water partition coefficient (Wildman–Crippen LogP) is 5.28. The zero-order valence-corrected chi connectivity index (χ0v) is 23.8. The van der Waals surface area contributed by atoms with E-state index in [-0.39, 0.29) is 0 Å². The summed E-state index contributed by atoms with van der Waals surface area (Å²) in [6.45, 7) is 16.5. The molecule has 202 valence electrons. The average Bonchev–Trinajstić information content (AvgIpc) is 3.46. The lowest BCUT2D eigenvalue weighted by atomic mass is 9.98. The van der Waals surface area contributed by atoms with Crippen molar-refractivity contribution >= 4 is 42.6 Å². The zero-order valence-electron chi connectivity index (χ0n) is 23.8. The largest absolute Gasteiger partial charge is 0.398 e. The monoisotopic (exact) mass is 522 g/mol. The molecule has 4 heterocycles. The number of rotatable bonds is 6. The lowest BCUT2D eigenvalue weighted by molar-refractivity contribution is -0.104. The number of carbonyl (C=O) groups is 2. The van der Waals surface area contributed by atoms with Gasteiger partial charge in [-0.25, -0.2) is 4.99 Å². The number of allylic oxidation sites excluding steroid dienone is 5. The minimum absolute atomic E-state index is 0.380. The lowest BCUT2D eigenvalue weighted by Gasteiger charge is -2.08. The molecule has 0 atom stereocenters. The molecule has 0 aliphatic carbocycles. The molecule has 0 fully saturated rings. The normalized spacial score (nSPS) is 22.1. The Bertz CT molecular complexity index is 1660. The van der Waals surface area contributed by atoms with Crippen molar-refractivity contribution in [1.29, 1.82) is 0 Å². The van der Waals surface area contributed by atoms with E-state index < -0.39 is 0 Å². The van der Waals surface area contributed by atoms with E-state index in [0.29, 0.717) is 33.7 Å². The van der Waals surface area contributed by atoms with Gasteiger partial charge in [0.25, 0.3) is 0 Å². The SMILES string of the molecule is C=C1/C=c2\[nH]/c(c(CCC)c2C)=C\C2=NC(=C\c3[nH]c(c(C=O)c3C)/C=C(N)/C(C)=C\1C=O)/C(C)=C2CCC. The molecule has 0 aromatic carbocycles. The van der Waals surface area contributed by atoms with Crippen LogP contribution in [0.3, 0.4) is 0 Å². The Labute approximate surface area is 230 Å². The number of carbonyl (C=O) groups excluding carboxylic acids is 2. The molecule has 2 aliphatic heterocycles. The summed E-state index contributed by atoms with van der Waals surface area (Å²) in [5.41, 5.74) is 17.7. The number of nitrogens with zero attached hydrogens (tertiary/aromatic N) is 1. The van der Waals surface area contributed by atoms with E-state index in [0.717, 1.165) is 82.8 Å². The van der Waals surface area contributed by atoms with Crippen molar-refractivity contribution in [2.24, 2.45) is 10.7 Å². The van der Waals surface area contributed by atoms with Gasteiger partial charge in [0.05, 0.1) is 17.1 Å². The van der Waals surface area contributed by atoms with Gasteiger partial charge in [-0.05, 0) is 104 Å². The quantitative estimate of drug-likeness (QED) is 0.450. The van der Waals surface area contributed by atoms with Crippen LogP contribution in [0.2, 0.25) is 0 Å². The number of H-pyrrole nitrogens is 2. The summed E-state index contributed by atoms with van der Waals surface area (Å²) in [5, 5.41) is 1.93. The fourth-order valence-corrected chi connectivity index (χ4v) is 5.38. The van der Waals surface area contributed by atoms with Gasteiger partial charge in [-0.2, -0.15) is 0 Å². The average molecular weight is 523 g/mol. The lowest BCUT2D eigenvalue weighted by Crippen LogP contribution is -2.15. The van der Waals surface area contributed by atoms with Crippen molar-refractivity contribution in [3.05, 3.63) is 90.2 Å². The Morgan fingerprint density at radius 3 is 2.21 bits per heavy atom. The van der Waals surface area contributed by atoms with Crippen LogP contribution in [0.15, 0.2) is 50.8 Å². The molecule has 6 heteroatoms. The highest BCUT2D eigenvalue weighted by Crippen LogP contribution is 2.32. The first kappa shape index (κ1) is 27.8. The van der Waals surface area contributed by atoms with Crippen LogP contribution in [0.4, 0.5) is 0 Å². The maximum Gasteiger partial charge on any atom is 0.152 e. The molecule has 0 radical (unpaired) electrons. The minimum Gasteiger partial charge on any atom is -0.398 e. The first-order valence-corrected chi connectivity index (χ1v) is 13.6. The van der Waals surface area contributed by atoms with Gasteiger partial charge in [-0.1, -0.05) is 33.3 Å². The second-order valence-corrected chi connectivity index (χ2v) is 10.4. The van der Waals surface area contributed by atoms with Crippen molar-refractivity contribution in [3.8, 4) is 0 Å². The number of aromatic amines is 2. The molecule has 4 rings (SSSR count). The second kappa shape index (κ2) is 11.3. The summed E-state index contributed by atoms with van der Waals surface area (Å²) in [6, 6.07) is 0. The molecule has 0 unspecified atom stereocenters. The summed E-state index contributed by atoms with van der Waals surface area (Å²) in [6.07, 6.45) is 13.2. The van der Waals surface area contributed by atoms with Crippen molar-refractivity contribution < 1.29 is 9.59 Å². The summed E-state index contributed by atoms with van der Waals surface area (Å²) in [4.78, 5) is 36.3. The van der Waals surface area contributed by atoms with E-state index in [1.807, 2.05) is 19.1 Å². The number of hydrogen-bond donors (Lipinski definition) is 3. The molecule has 2 aliphatic rings. The number of nitrogens with two attached hydrogens (primary N) is 1. The third-order valence-electron chi connectivity index (χ3n) is 7.80. The minimum atomic E-state index is 0.380. The van der Waals surface area contributed by atoms with Crippen LogP contribution in [0.5, 0.6) is 0 Å². The smallest absolute Gasteiger partial charge is 0.152 e. The van der Waals surface area contributed by atoms with Gasteiger partial charge in [-0.3, -0.25) is 9.59 Å². The Balaban J connectivity index is 2.13. The molecule has 2 aromatic heterocycles. The van der Waals surface area contributed by atoms with Gasteiger partial charge in [0.1, 0.15) is 0 Å². The second-order valence-electron chi connectivity index (χ2n) is 10.4. The standard InChI is InChI=1S/C33H38N4O2/c1-8-10-23-20(5)28-12-18(3)25(16-38)19(4)27(34)13-31-26(17-39)22(7)30(36-31)14-29-21(6)24(11-9-2)33(37-29)15-32(23)35-28/h12-17,35-36H,3,8-11,34H2,1-2,4-7H3/b25-19-,27-13-,28-12-,29-14-,32-15-. The molecule has 0 amide bonds. The number of fused-ring (bicyclic) bond motifs is 5. The van der Waals surface area contributed by atoms with Crippen LogP contribution in [0, 0.1) is 13.8 Å². The Morgan fingerprint density at radius 2 is 1.56 bits per heavy atom.